The Morgan fingerprint density at radius 3 is 2.89 bits per heavy atom. The molecule has 0 radical (unpaired) electrons. The summed E-state index contributed by atoms with van der Waals surface area (Å²) < 4.78 is 0. The molecule has 1 heterocycles. The lowest BCUT2D eigenvalue weighted by Crippen LogP contribution is -2.35. The lowest BCUT2D eigenvalue weighted by atomic mass is 10.0. The van der Waals surface area contributed by atoms with E-state index >= 15 is 0 Å². The number of hydrogen-bond donors (Lipinski definition) is 2. The second-order valence-electron chi connectivity index (χ2n) is 5.01. The Hall–Kier alpha value is -1.39. The lowest BCUT2D eigenvalue weighted by Gasteiger charge is -2.24. The first-order valence-corrected chi connectivity index (χ1v) is 6.45. The number of nitrogens with zero attached hydrogens (tertiary/aromatic N) is 1. The minimum absolute atomic E-state index is 0.370. The minimum atomic E-state index is -0.370. The molecule has 18 heavy (non-hydrogen) atoms. The van der Waals surface area contributed by atoms with Gasteiger partial charge in [0.2, 0.25) is 5.91 Å². The van der Waals surface area contributed by atoms with Crippen LogP contribution in [0.1, 0.15) is 34.3 Å². The van der Waals surface area contributed by atoms with E-state index in [1.807, 2.05) is 19.1 Å². The highest BCUT2D eigenvalue weighted by atomic mass is 16.1. The highest BCUT2D eigenvalue weighted by Gasteiger charge is 2.23. The van der Waals surface area contributed by atoms with Gasteiger partial charge in [-0.15, -0.1) is 0 Å². The van der Waals surface area contributed by atoms with E-state index in [1.165, 1.54) is 18.4 Å². The molecule has 1 aliphatic rings. The summed E-state index contributed by atoms with van der Waals surface area (Å²) in [7, 11) is 0. The zero-order chi connectivity index (χ0) is 13.1. The molecule has 1 aromatic carbocycles. The van der Waals surface area contributed by atoms with Crippen LogP contribution in [0.4, 0.5) is 0 Å². The van der Waals surface area contributed by atoms with Crippen LogP contribution in [0.15, 0.2) is 18.2 Å². The molecule has 0 bridgehead atoms. The molecule has 4 heteroatoms. The monoisotopic (exact) mass is 247 g/mol. The zero-order valence-electron chi connectivity index (χ0n) is 10.9. The fraction of sp³-hybridized carbons (Fsp3) is 0.500. The fourth-order valence-corrected chi connectivity index (χ4v) is 2.62. The van der Waals surface area contributed by atoms with Gasteiger partial charge in [-0.25, -0.2) is 0 Å². The topological polar surface area (TPSA) is 72.4 Å². The highest BCUT2D eigenvalue weighted by Crippen LogP contribution is 2.21. The number of primary amides is 1. The molecule has 1 aliphatic heterocycles. The summed E-state index contributed by atoms with van der Waals surface area (Å²) in [5.74, 6) is -0.370. The van der Waals surface area contributed by atoms with Crippen molar-refractivity contribution >= 4 is 5.91 Å². The summed E-state index contributed by atoms with van der Waals surface area (Å²) in [6, 6.07) is 6.17. The average Bonchev–Trinajstić information content (AvgIpc) is 2.78. The molecule has 98 valence electrons. The third kappa shape index (κ3) is 2.71. The SMILES string of the molecule is Cc1cc(C(N)=O)ccc1CN1CCCC1CN. The number of amides is 1. The third-order valence-corrected chi connectivity index (χ3v) is 3.77. The molecule has 0 saturated carbocycles. The van der Waals surface area contributed by atoms with Gasteiger partial charge in [0, 0.05) is 24.7 Å². The van der Waals surface area contributed by atoms with Gasteiger partial charge in [-0.2, -0.15) is 0 Å². The van der Waals surface area contributed by atoms with Crippen molar-refractivity contribution in [2.75, 3.05) is 13.1 Å². The second-order valence-corrected chi connectivity index (χ2v) is 5.01. The Morgan fingerprint density at radius 2 is 2.28 bits per heavy atom. The van der Waals surface area contributed by atoms with Crippen LogP contribution in [-0.2, 0) is 6.54 Å². The van der Waals surface area contributed by atoms with Crippen molar-refractivity contribution in [3.8, 4) is 0 Å². The number of carbonyl (C=O) groups is 1. The van der Waals surface area contributed by atoms with Crippen molar-refractivity contribution in [1.29, 1.82) is 0 Å². The van der Waals surface area contributed by atoms with Gasteiger partial charge in [-0.05, 0) is 49.6 Å². The number of likely N-dealkylation sites (tertiary alicyclic amines) is 1. The zero-order valence-corrected chi connectivity index (χ0v) is 10.9. The van der Waals surface area contributed by atoms with Crippen LogP contribution in [0.3, 0.4) is 0 Å². The smallest absolute Gasteiger partial charge is 0.248 e. The molecule has 1 saturated heterocycles. The minimum Gasteiger partial charge on any atom is -0.366 e. The molecule has 4 N–H and O–H groups in total. The van der Waals surface area contributed by atoms with E-state index in [4.69, 9.17) is 11.5 Å². The molecule has 0 spiro atoms. The number of aryl methyl sites for hydroxylation is 1. The van der Waals surface area contributed by atoms with Gasteiger partial charge in [0.1, 0.15) is 0 Å². The van der Waals surface area contributed by atoms with E-state index in [1.54, 1.807) is 6.07 Å². The van der Waals surface area contributed by atoms with Crippen LogP contribution >= 0.6 is 0 Å². The van der Waals surface area contributed by atoms with Crippen molar-refractivity contribution in [2.45, 2.75) is 32.4 Å². The molecule has 1 fully saturated rings. The third-order valence-electron chi connectivity index (χ3n) is 3.77. The van der Waals surface area contributed by atoms with Crippen LogP contribution in [0.5, 0.6) is 0 Å². The maximum atomic E-state index is 11.1. The molecular formula is C14H21N3O. The van der Waals surface area contributed by atoms with Gasteiger partial charge in [-0.3, -0.25) is 9.69 Å². The Kier molecular flexibility index (Phi) is 3.99. The van der Waals surface area contributed by atoms with Gasteiger partial charge < -0.3 is 11.5 Å². The predicted molar refractivity (Wildman–Crippen MR) is 72.2 cm³/mol. The number of benzene rings is 1. The fourth-order valence-electron chi connectivity index (χ4n) is 2.62. The quantitative estimate of drug-likeness (QED) is 0.834. The van der Waals surface area contributed by atoms with E-state index in [0.717, 1.165) is 25.2 Å². The maximum absolute atomic E-state index is 11.1. The summed E-state index contributed by atoms with van der Waals surface area (Å²) in [6.07, 6.45) is 2.41. The van der Waals surface area contributed by atoms with Gasteiger partial charge >= 0.3 is 0 Å². The average molecular weight is 247 g/mol. The van der Waals surface area contributed by atoms with Gasteiger partial charge in [-0.1, -0.05) is 6.07 Å². The molecule has 1 aromatic rings. The van der Waals surface area contributed by atoms with Crippen LogP contribution in [0.25, 0.3) is 0 Å². The van der Waals surface area contributed by atoms with E-state index in [0.29, 0.717) is 11.6 Å². The standard InChI is InChI=1S/C14H21N3O/c1-10-7-11(14(16)18)4-5-12(10)9-17-6-2-3-13(17)8-15/h4-5,7,13H,2-3,6,8-9,15H2,1H3,(H2,16,18). The maximum Gasteiger partial charge on any atom is 0.248 e. The summed E-state index contributed by atoms with van der Waals surface area (Å²) in [6.45, 7) is 4.76. The van der Waals surface area contributed by atoms with Gasteiger partial charge in [0.15, 0.2) is 0 Å². The van der Waals surface area contributed by atoms with E-state index in [9.17, 15) is 4.79 Å². The molecule has 4 nitrogen and oxygen atoms in total. The Balaban J connectivity index is 2.12. The van der Waals surface area contributed by atoms with E-state index in [-0.39, 0.29) is 5.91 Å². The van der Waals surface area contributed by atoms with Gasteiger partial charge in [0.25, 0.3) is 0 Å². The van der Waals surface area contributed by atoms with Crippen LogP contribution in [-0.4, -0.2) is 29.9 Å². The molecule has 1 unspecified atom stereocenters. The number of nitrogens with two attached hydrogens (primary N) is 2. The Morgan fingerprint density at radius 1 is 1.50 bits per heavy atom. The summed E-state index contributed by atoms with van der Waals surface area (Å²) >= 11 is 0. The largest absolute Gasteiger partial charge is 0.366 e. The second kappa shape index (κ2) is 5.50. The lowest BCUT2D eigenvalue weighted by molar-refractivity contribution is 0.1000. The molecule has 2 rings (SSSR count). The molecule has 1 atom stereocenters. The number of carbonyl (C=O) groups excluding carboxylic acids is 1. The van der Waals surface area contributed by atoms with E-state index in [2.05, 4.69) is 4.90 Å². The number of rotatable bonds is 4. The normalized spacial score (nSPS) is 20.2. The highest BCUT2D eigenvalue weighted by molar-refractivity contribution is 5.93. The summed E-state index contributed by atoms with van der Waals surface area (Å²) in [4.78, 5) is 13.5. The van der Waals surface area contributed by atoms with Crippen LogP contribution < -0.4 is 11.5 Å². The van der Waals surface area contributed by atoms with E-state index < -0.39 is 0 Å². The molecule has 0 aliphatic carbocycles. The molecule has 1 amide bonds. The number of hydrogen-bond acceptors (Lipinski definition) is 3. The first-order chi connectivity index (χ1) is 8.61. The van der Waals surface area contributed by atoms with Crippen LogP contribution in [0.2, 0.25) is 0 Å². The molecule has 0 aromatic heterocycles. The van der Waals surface area contributed by atoms with Crippen LogP contribution in [0, 0.1) is 6.92 Å². The van der Waals surface area contributed by atoms with Crippen molar-refractivity contribution in [3.63, 3.8) is 0 Å². The van der Waals surface area contributed by atoms with Gasteiger partial charge in [0.05, 0.1) is 0 Å². The molecular weight excluding hydrogens is 226 g/mol. The summed E-state index contributed by atoms with van der Waals surface area (Å²) in [5, 5.41) is 0. The van der Waals surface area contributed by atoms with Crippen molar-refractivity contribution in [2.24, 2.45) is 11.5 Å². The first-order valence-electron chi connectivity index (χ1n) is 6.45. The van der Waals surface area contributed by atoms with Crippen molar-refractivity contribution in [3.05, 3.63) is 34.9 Å². The van der Waals surface area contributed by atoms with Crippen molar-refractivity contribution < 1.29 is 4.79 Å². The predicted octanol–water partition coefficient (Wildman–Crippen LogP) is 1.02. The Bertz CT molecular complexity index is 445. The first kappa shape index (κ1) is 13.1. The Labute approximate surface area is 108 Å². The summed E-state index contributed by atoms with van der Waals surface area (Å²) in [5.41, 5.74) is 14.0. The van der Waals surface area contributed by atoms with Crippen molar-refractivity contribution in [1.82, 2.24) is 4.90 Å².